The molecule has 0 atom stereocenters. The Morgan fingerprint density at radius 3 is 2.26 bits per heavy atom. The Kier molecular flexibility index (Phi) is 5.16. The average Bonchev–Trinajstić information content (AvgIpc) is 2.66. The van der Waals surface area contributed by atoms with E-state index in [0.717, 1.165) is 17.8 Å². The minimum absolute atomic E-state index is 0.308. The highest BCUT2D eigenvalue weighted by atomic mass is 19.4. The highest BCUT2D eigenvalue weighted by molar-refractivity contribution is 5.81. The first-order valence-electron chi connectivity index (χ1n) is 8.27. The van der Waals surface area contributed by atoms with E-state index in [4.69, 9.17) is 5.73 Å². The molecule has 0 saturated carbocycles. The van der Waals surface area contributed by atoms with Gasteiger partial charge in [-0.2, -0.15) is 13.2 Å². The summed E-state index contributed by atoms with van der Waals surface area (Å²) >= 11 is 0. The number of halogens is 3. The van der Waals surface area contributed by atoms with Crippen LogP contribution in [-0.4, -0.2) is 16.5 Å². The number of aromatic nitrogens is 2. The lowest BCUT2D eigenvalue weighted by atomic mass is 10.2. The second-order valence-electron chi connectivity index (χ2n) is 5.74. The average molecular weight is 373 g/mol. The van der Waals surface area contributed by atoms with Crippen molar-refractivity contribution in [3.05, 3.63) is 66.5 Å². The van der Waals surface area contributed by atoms with E-state index < -0.39 is 11.7 Å². The van der Waals surface area contributed by atoms with Crippen molar-refractivity contribution in [2.24, 2.45) is 0 Å². The summed E-state index contributed by atoms with van der Waals surface area (Å²) in [5.41, 5.74) is 7.19. The molecule has 0 spiro atoms. The summed E-state index contributed by atoms with van der Waals surface area (Å²) in [7, 11) is 0. The van der Waals surface area contributed by atoms with Gasteiger partial charge in [0.2, 0.25) is 0 Å². The first-order valence-corrected chi connectivity index (χ1v) is 8.27. The number of anilines is 5. The molecule has 5 nitrogen and oxygen atoms in total. The maximum absolute atomic E-state index is 12.7. The Labute approximate surface area is 154 Å². The van der Waals surface area contributed by atoms with Crippen LogP contribution in [0, 0.1) is 0 Å². The van der Waals surface area contributed by atoms with Crippen molar-refractivity contribution in [3.63, 3.8) is 0 Å². The van der Waals surface area contributed by atoms with Crippen LogP contribution in [0.25, 0.3) is 0 Å². The first kappa shape index (κ1) is 18.5. The number of nitrogens with one attached hydrogen (secondary N) is 1. The highest BCUT2D eigenvalue weighted by Gasteiger charge is 2.30. The lowest BCUT2D eigenvalue weighted by Crippen LogP contribution is -2.19. The maximum atomic E-state index is 12.7. The van der Waals surface area contributed by atoms with E-state index in [0.29, 0.717) is 29.6 Å². The van der Waals surface area contributed by atoms with E-state index in [9.17, 15) is 13.2 Å². The standard InChI is InChI=1S/C19H18F3N5/c1-2-27(15-6-4-3-5-7-15)18-16(23)17(24-12-25-18)26-14-10-8-13(9-11-14)19(20,21)22/h3-12H,2,23H2,1H3,(H,24,25,26). The summed E-state index contributed by atoms with van der Waals surface area (Å²) in [5.74, 6) is 0.849. The summed E-state index contributed by atoms with van der Waals surface area (Å²) in [6.45, 7) is 2.60. The second kappa shape index (κ2) is 7.53. The number of nitrogens with two attached hydrogens (primary N) is 1. The summed E-state index contributed by atoms with van der Waals surface area (Å²) < 4.78 is 38.1. The third-order valence-corrected chi connectivity index (χ3v) is 3.98. The van der Waals surface area contributed by atoms with Gasteiger partial charge >= 0.3 is 6.18 Å². The van der Waals surface area contributed by atoms with Crippen LogP contribution in [0.2, 0.25) is 0 Å². The monoisotopic (exact) mass is 373 g/mol. The quantitative estimate of drug-likeness (QED) is 0.660. The molecule has 0 aliphatic heterocycles. The molecule has 0 radical (unpaired) electrons. The number of hydrogen-bond acceptors (Lipinski definition) is 5. The fraction of sp³-hybridized carbons (Fsp3) is 0.158. The van der Waals surface area contributed by atoms with Crippen LogP contribution in [0.15, 0.2) is 60.9 Å². The van der Waals surface area contributed by atoms with Gasteiger partial charge in [0.25, 0.3) is 0 Å². The Hall–Kier alpha value is -3.29. The minimum atomic E-state index is -4.38. The maximum Gasteiger partial charge on any atom is 0.416 e. The van der Waals surface area contributed by atoms with Gasteiger partial charge in [-0.15, -0.1) is 0 Å². The van der Waals surface area contributed by atoms with Gasteiger partial charge < -0.3 is 16.0 Å². The number of benzene rings is 2. The molecule has 0 amide bonds. The van der Waals surface area contributed by atoms with Crippen molar-refractivity contribution in [2.75, 3.05) is 22.5 Å². The molecule has 3 aromatic rings. The van der Waals surface area contributed by atoms with Crippen LogP contribution in [0.5, 0.6) is 0 Å². The third-order valence-electron chi connectivity index (χ3n) is 3.98. The minimum Gasteiger partial charge on any atom is -0.393 e. The number of para-hydroxylation sites is 1. The van der Waals surface area contributed by atoms with Crippen LogP contribution < -0.4 is 16.0 Å². The van der Waals surface area contributed by atoms with Crippen molar-refractivity contribution in [1.29, 1.82) is 0 Å². The molecule has 0 aliphatic rings. The number of hydrogen-bond donors (Lipinski definition) is 2. The molecule has 0 saturated heterocycles. The molecule has 1 heterocycles. The normalized spacial score (nSPS) is 11.3. The van der Waals surface area contributed by atoms with E-state index in [1.165, 1.54) is 18.5 Å². The van der Waals surface area contributed by atoms with Crippen LogP contribution in [0.4, 0.5) is 41.9 Å². The molecule has 27 heavy (non-hydrogen) atoms. The SMILES string of the molecule is CCN(c1ccccc1)c1ncnc(Nc2ccc(C(F)(F)F)cc2)c1N. The van der Waals surface area contributed by atoms with E-state index in [2.05, 4.69) is 15.3 Å². The van der Waals surface area contributed by atoms with Crippen LogP contribution in [0.3, 0.4) is 0 Å². The zero-order valence-corrected chi connectivity index (χ0v) is 14.5. The Morgan fingerprint density at radius 2 is 1.67 bits per heavy atom. The summed E-state index contributed by atoms with van der Waals surface area (Å²) in [6.07, 6.45) is -3.01. The summed E-state index contributed by atoms with van der Waals surface area (Å²) in [4.78, 5) is 10.3. The first-order chi connectivity index (χ1) is 12.9. The van der Waals surface area contributed by atoms with Crippen molar-refractivity contribution >= 4 is 28.7 Å². The molecule has 140 valence electrons. The van der Waals surface area contributed by atoms with Gasteiger partial charge in [-0.25, -0.2) is 9.97 Å². The van der Waals surface area contributed by atoms with Crippen molar-refractivity contribution in [1.82, 2.24) is 9.97 Å². The smallest absolute Gasteiger partial charge is 0.393 e. The molecule has 0 unspecified atom stereocenters. The van der Waals surface area contributed by atoms with Crippen LogP contribution in [-0.2, 0) is 6.18 Å². The zero-order chi connectivity index (χ0) is 19.4. The van der Waals surface area contributed by atoms with E-state index in [-0.39, 0.29) is 0 Å². The molecule has 0 fully saturated rings. The molecule has 0 bridgehead atoms. The zero-order valence-electron chi connectivity index (χ0n) is 14.5. The van der Waals surface area contributed by atoms with Crippen LogP contribution >= 0.6 is 0 Å². The molecule has 1 aromatic heterocycles. The Bertz CT molecular complexity index is 895. The Morgan fingerprint density at radius 1 is 1.00 bits per heavy atom. The molecular formula is C19H18F3N5. The van der Waals surface area contributed by atoms with Gasteiger partial charge in [0, 0.05) is 17.9 Å². The number of nitrogens with zero attached hydrogens (tertiary/aromatic N) is 3. The van der Waals surface area contributed by atoms with Gasteiger partial charge in [-0.1, -0.05) is 18.2 Å². The summed E-state index contributed by atoms with van der Waals surface area (Å²) in [5, 5.41) is 2.95. The van der Waals surface area contributed by atoms with E-state index in [1.54, 1.807) is 0 Å². The fourth-order valence-electron chi connectivity index (χ4n) is 2.64. The van der Waals surface area contributed by atoms with Crippen molar-refractivity contribution in [2.45, 2.75) is 13.1 Å². The van der Waals surface area contributed by atoms with Gasteiger partial charge in [0.15, 0.2) is 11.6 Å². The van der Waals surface area contributed by atoms with Gasteiger partial charge in [-0.3, -0.25) is 0 Å². The third kappa shape index (κ3) is 4.11. The Balaban J connectivity index is 1.89. The van der Waals surface area contributed by atoms with Gasteiger partial charge in [-0.05, 0) is 43.3 Å². The number of alkyl halides is 3. The lowest BCUT2D eigenvalue weighted by molar-refractivity contribution is -0.137. The molecule has 3 rings (SSSR count). The highest BCUT2D eigenvalue weighted by Crippen LogP contribution is 2.34. The molecule has 0 aliphatic carbocycles. The van der Waals surface area contributed by atoms with Crippen molar-refractivity contribution in [3.8, 4) is 0 Å². The van der Waals surface area contributed by atoms with E-state index >= 15 is 0 Å². The predicted octanol–water partition coefficient (Wildman–Crippen LogP) is 4.98. The number of rotatable bonds is 5. The number of nitrogen functional groups attached to an aromatic ring is 1. The molecule has 3 N–H and O–H groups in total. The van der Waals surface area contributed by atoms with Crippen LogP contribution in [0.1, 0.15) is 12.5 Å². The largest absolute Gasteiger partial charge is 0.416 e. The predicted molar refractivity (Wildman–Crippen MR) is 100 cm³/mol. The van der Waals surface area contributed by atoms with Gasteiger partial charge in [0.1, 0.15) is 12.0 Å². The van der Waals surface area contributed by atoms with E-state index in [1.807, 2.05) is 42.2 Å². The van der Waals surface area contributed by atoms with Crippen molar-refractivity contribution < 1.29 is 13.2 Å². The lowest BCUT2D eigenvalue weighted by Gasteiger charge is -2.24. The summed E-state index contributed by atoms with van der Waals surface area (Å²) in [6, 6.07) is 14.3. The fourth-order valence-corrected chi connectivity index (χ4v) is 2.64. The topological polar surface area (TPSA) is 67.1 Å². The van der Waals surface area contributed by atoms with Gasteiger partial charge in [0.05, 0.1) is 5.56 Å². The molecule has 8 heteroatoms. The second-order valence-corrected chi connectivity index (χ2v) is 5.74. The molecule has 2 aromatic carbocycles. The molecular weight excluding hydrogens is 355 g/mol.